The number of ether oxygens (including phenoxy) is 1. The Hall–Kier alpha value is -3.52. The molecule has 2 aromatic rings. The molecule has 8 heteroatoms. The van der Waals surface area contributed by atoms with Crippen LogP contribution in [0.2, 0.25) is 0 Å². The zero-order valence-electron chi connectivity index (χ0n) is 16.1. The number of hydrogen-bond acceptors (Lipinski definition) is 5. The summed E-state index contributed by atoms with van der Waals surface area (Å²) < 4.78 is 5.52. The highest BCUT2D eigenvalue weighted by molar-refractivity contribution is 6.22. The summed E-state index contributed by atoms with van der Waals surface area (Å²) in [7, 11) is 0. The van der Waals surface area contributed by atoms with Crippen LogP contribution in [0.25, 0.3) is 0 Å². The van der Waals surface area contributed by atoms with Crippen molar-refractivity contribution in [2.75, 3.05) is 13.2 Å². The quantitative estimate of drug-likeness (QED) is 0.708. The fourth-order valence-electron chi connectivity index (χ4n) is 3.64. The van der Waals surface area contributed by atoms with Gasteiger partial charge < -0.3 is 15.2 Å². The van der Waals surface area contributed by atoms with Gasteiger partial charge in [-0.25, -0.2) is 4.79 Å². The Labute approximate surface area is 172 Å². The molecule has 2 aliphatic heterocycles. The maximum atomic E-state index is 12.7. The number of fused-ring (bicyclic) bond motifs is 1. The first-order valence-electron chi connectivity index (χ1n) is 9.66. The summed E-state index contributed by atoms with van der Waals surface area (Å²) in [5.74, 6) is -2.19. The van der Waals surface area contributed by atoms with Crippen molar-refractivity contribution in [3.63, 3.8) is 0 Å². The Morgan fingerprint density at radius 1 is 1.03 bits per heavy atom. The lowest BCUT2D eigenvalue weighted by Gasteiger charge is -2.17. The number of aromatic carboxylic acids is 1. The third kappa shape index (κ3) is 3.81. The molecule has 2 aromatic carbocycles. The molecular weight excluding hydrogens is 388 g/mol. The number of rotatable bonds is 6. The van der Waals surface area contributed by atoms with Gasteiger partial charge in [-0.05, 0) is 48.7 Å². The highest BCUT2D eigenvalue weighted by Gasteiger charge is 2.37. The van der Waals surface area contributed by atoms with E-state index in [1.807, 2.05) is 0 Å². The van der Waals surface area contributed by atoms with Gasteiger partial charge in [-0.15, -0.1) is 0 Å². The van der Waals surface area contributed by atoms with Crippen molar-refractivity contribution < 1.29 is 29.0 Å². The summed E-state index contributed by atoms with van der Waals surface area (Å²) in [6.07, 6.45) is 1.59. The predicted octanol–water partition coefficient (Wildman–Crippen LogP) is 2.09. The number of carboxylic acids is 1. The molecule has 1 saturated heterocycles. The SMILES string of the molecule is O=C(O)c1ccc(CNC(=O)c2ccc3c(c2)C(=O)N(C[C@H]2CCCO2)C3=O)cc1. The minimum Gasteiger partial charge on any atom is -0.478 e. The van der Waals surface area contributed by atoms with Crippen LogP contribution in [0.5, 0.6) is 0 Å². The Kier molecular flexibility index (Phi) is 5.33. The molecule has 1 fully saturated rings. The Morgan fingerprint density at radius 3 is 2.40 bits per heavy atom. The molecule has 0 spiro atoms. The molecule has 30 heavy (non-hydrogen) atoms. The third-order valence-corrected chi connectivity index (χ3v) is 5.30. The smallest absolute Gasteiger partial charge is 0.335 e. The van der Waals surface area contributed by atoms with E-state index in [-0.39, 0.29) is 41.8 Å². The summed E-state index contributed by atoms with van der Waals surface area (Å²) >= 11 is 0. The van der Waals surface area contributed by atoms with Crippen LogP contribution < -0.4 is 5.32 Å². The number of nitrogens with zero attached hydrogens (tertiary/aromatic N) is 1. The van der Waals surface area contributed by atoms with Crippen molar-refractivity contribution in [1.82, 2.24) is 10.2 Å². The number of nitrogens with one attached hydrogen (secondary N) is 1. The molecule has 0 bridgehead atoms. The van der Waals surface area contributed by atoms with Gasteiger partial charge >= 0.3 is 5.97 Å². The van der Waals surface area contributed by atoms with Crippen LogP contribution in [0.15, 0.2) is 42.5 Å². The second-order valence-corrected chi connectivity index (χ2v) is 7.30. The fraction of sp³-hybridized carbons (Fsp3) is 0.273. The fourth-order valence-corrected chi connectivity index (χ4v) is 3.64. The third-order valence-electron chi connectivity index (χ3n) is 5.30. The summed E-state index contributed by atoms with van der Waals surface area (Å²) in [5.41, 5.74) is 1.69. The summed E-state index contributed by atoms with van der Waals surface area (Å²) in [4.78, 5) is 49.9. The van der Waals surface area contributed by atoms with Gasteiger partial charge in [0, 0.05) is 18.7 Å². The maximum absolute atomic E-state index is 12.7. The number of carboxylic acid groups (broad SMARTS) is 1. The number of carbonyl (C=O) groups excluding carboxylic acids is 3. The van der Waals surface area contributed by atoms with Crippen molar-refractivity contribution in [2.24, 2.45) is 0 Å². The standard InChI is InChI=1S/C22H20N2O6/c25-19(23-11-13-3-5-14(6-4-13)22(28)29)15-7-8-17-18(10-15)21(27)24(20(17)26)12-16-2-1-9-30-16/h3-8,10,16H,1-2,9,11-12H2,(H,23,25)(H,28,29)/t16-/m1/s1. The average molecular weight is 408 g/mol. The number of carbonyl (C=O) groups is 4. The molecule has 0 saturated carbocycles. The molecule has 4 rings (SSSR count). The molecular formula is C22H20N2O6. The summed E-state index contributed by atoms with van der Waals surface area (Å²) in [6, 6.07) is 10.6. The Morgan fingerprint density at radius 2 is 1.73 bits per heavy atom. The Bertz CT molecular complexity index is 1020. The van der Waals surface area contributed by atoms with Crippen molar-refractivity contribution in [2.45, 2.75) is 25.5 Å². The number of amides is 3. The Balaban J connectivity index is 1.43. The van der Waals surface area contributed by atoms with Gasteiger partial charge in [0.15, 0.2) is 0 Å². The molecule has 154 valence electrons. The van der Waals surface area contributed by atoms with E-state index in [1.54, 1.807) is 12.1 Å². The molecule has 0 radical (unpaired) electrons. The molecule has 2 aliphatic rings. The monoisotopic (exact) mass is 408 g/mol. The minimum atomic E-state index is -1.02. The van der Waals surface area contributed by atoms with Crippen LogP contribution in [0, 0.1) is 0 Å². The van der Waals surface area contributed by atoms with Gasteiger partial charge in [0.2, 0.25) is 0 Å². The van der Waals surface area contributed by atoms with E-state index < -0.39 is 17.8 Å². The molecule has 2 N–H and O–H groups in total. The van der Waals surface area contributed by atoms with Gasteiger partial charge in [0.05, 0.1) is 29.3 Å². The lowest BCUT2D eigenvalue weighted by molar-refractivity contribution is 0.0475. The van der Waals surface area contributed by atoms with Gasteiger partial charge in [0.1, 0.15) is 0 Å². The van der Waals surface area contributed by atoms with E-state index in [4.69, 9.17) is 9.84 Å². The van der Waals surface area contributed by atoms with Crippen molar-refractivity contribution >= 4 is 23.7 Å². The van der Waals surface area contributed by atoms with Crippen LogP contribution in [-0.2, 0) is 11.3 Å². The molecule has 1 atom stereocenters. The highest BCUT2D eigenvalue weighted by Crippen LogP contribution is 2.26. The molecule has 0 aliphatic carbocycles. The first-order valence-corrected chi connectivity index (χ1v) is 9.66. The first kappa shape index (κ1) is 19.8. The van der Waals surface area contributed by atoms with Crippen LogP contribution in [0.1, 0.15) is 59.8 Å². The van der Waals surface area contributed by atoms with E-state index in [1.165, 1.54) is 35.2 Å². The van der Waals surface area contributed by atoms with Gasteiger partial charge in [-0.1, -0.05) is 12.1 Å². The molecule has 2 heterocycles. The lowest BCUT2D eigenvalue weighted by Crippen LogP contribution is -2.36. The number of hydrogen-bond donors (Lipinski definition) is 2. The summed E-state index contributed by atoms with van der Waals surface area (Å²) in [5, 5.41) is 11.7. The van der Waals surface area contributed by atoms with Gasteiger partial charge in [-0.2, -0.15) is 0 Å². The number of benzene rings is 2. The molecule has 8 nitrogen and oxygen atoms in total. The van der Waals surface area contributed by atoms with Crippen molar-refractivity contribution in [3.8, 4) is 0 Å². The topological polar surface area (TPSA) is 113 Å². The zero-order chi connectivity index (χ0) is 21.3. The van der Waals surface area contributed by atoms with E-state index >= 15 is 0 Å². The predicted molar refractivity (Wildman–Crippen MR) is 105 cm³/mol. The van der Waals surface area contributed by atoms with Crippen LogP contribution in [0.3, 0.4) is 0 Å². The van der Waals surface area contributed by atoms with Crippen molar-refractivity contribution in [1.29, 1.82) is 0 Å². The highest BCUT2D eigenvalue weighted by atomic mass is 16.5. The normalized spacial score (nSPS) is 17.9. The second-order valence-electron chi connectivity index (χ2n) is 7.30. The van der Waals surface area contributed by atoms with Gasteiger partial charge in [0.25, 0.3) is 17.7 Å². The lowest BCUT2D eigenvalue weighted by atomic mass is 10.1. The van der Waals surface area contributed by atoms with Gasteiger partial charge in [-0.3, -0.25) is 19.3 Å². The van der Waals surface area contributed by atoms with E-state index in [0.29, 0.717) is 12.2 Å². The molecule has 3 amide bonds. The number of imide groups is 1. The van der Waals surface area contributed by atoms with Crippen LogP contribution in [-0.4, -0.2) is 53.0 Å². The van der Waals surface area contributed by atoms with Crippen molar-refractivity contribution in [3.05, 3.63) is 70.3 Å². The molecule has 0 aromatic heterocycles. The summed E-state index contributed by atoms with van der Waals surface area (Å²) in [6.45, 7) is 1.06. The zero-order valence-corrected chi connectivity index (χ0v) is 16.1. The second kappa shape index (κ2) is 8.08. The average Bonchev–Trinajstić information content (AvgIpc) is 3.35. The van der Waals surface area contributed by atoms with Crippen LogP contribution >= 0.6 is 0 Å². The molecule has 0 unspecified atom stereocenters. The first-order chi connectivity index (χ1) is 14.4. The maximum Gasteiger partial charge on any atom is 0.335 e. The van der Waals surface area contributed by atoms with E-state index in [2.05, 4.69) is 5.32 Å². The van der Waals surface area contributed by atoms with E-state index in [9.17, 15) is 19.2 Å². The van der Waals surface area contributed by atoms with E-state index in [0.717, 1.165) is 18.4 Å². The minimum absolute atomic E-state index is 0.137. The largest absolute Gasteiger partial charge is 0.478 e. The van der Waals surface area contributed by atoms with Crippen LogP contribution in [0.4, 0.5) is 0 Å².